The van der Waals surface area contributed by atoms with Crippen molar-refractivity contribution in [2.24, 2.45) is 0 Å². The molecule has 4 rings (SSSR count). The van der Waals surface area contributed by atoms with Crippen LogP contribution in [0, 0.1) is 0 Å². The summed E-state index contributed by atoms with van der Waals surface area (Å²) in [6, 6.07) is 16.7. The quantitative estimate of drug-likeness (QED) is 0.550. The Labute approximate surface area is 160 Å². The lowest BCUT2D eigenvalue weighted by Crippen LogP contribution is -2.34. The summed E-state index contributed by atoms with van der Waals surface area (Å²) in [6.07, 6.45) is 3.64. The highest BCUT2D eigenvalue weighted by Crippen LogP contribution is 2.07. The van der Waals surface area contributed by atoms with Crippen molar-refractivity contribution in [3.05, 3.63) is 88.5 Å². The van der Waals surface area contributed by atoms with E-state index in [-0.39, 0.29) is 18.0 Å². The van der Waals surface area contributed by atoms with Crippen LogP contribution in [0.5, 0.6) is 0 Å². The Morgan fingerprint density at radius 2 is 1.89 bits per heavy atom. The fourth-order valence-electron chi connectivity index (χ4n) is 2.94. The number of benzene rings is 2. The van der Waals surface area contributed by atoms with Gasteiger partial charge in [0.25, 0.3) is 5.56 Å². The summed E-state index contributed by atoms with van der Waals surface area (Å²) < 4.78 is 2.91. The molecule has 0 bridgehead atoms. The van der Waals surface area contributed by atoms with E-state index in [9.17, 15) is 9.59 Å². The zero-order chi connectivity index (χ0) is 19.3. The Bertz CT molecular complexity index is 1170. The Hall–Kier alpha value is -3.81. The average Bonchev–Trinajstić information content (AvgIpc) is 3.22. The van der Waals surface area contributed by atoms with Crippen LogP contribution in [-0.2, 0) is 24.4 Å². The van der Waals surface area contributed by atoms with E-state index < -0.39 is 0 Å². The molecule has 4 aromatic rings. The number of nitrogens with one attached hydrogen (secondary N) is 1. The van der Waals surface area contributed by atoms with E-state index in [2.05, 4.69) is 20.7 Å². The van der Waals surface area contributed by atoms with Crippen LogP contribution in [0.4, 0.5) is 0 Å². The summed E-state index contributed by atoms with van der Waals surface area (Å²) in [5.41, 5.74) is 2.24. The fraction of sp³-hybridized carbons (Fsp3) is 0.150. The van der Waals surface area contributed by atoms with E-state index in [0.717, 1.165) is 15.8 Å². The smallest absolute Gasteiger partial charge is 0.278 e. The maximum atomic E-state index is 12.4. The maximum Gasteiger partial charge on any atom is 0.278 e. The van der Waals surface area contributed by atoms with Crippen molar-refractivity contribution in [1.29, 1.82) is 0 Å². The van der Waals surface area contributed by atoms with Gasteiger partial charge in [0.15, 0.2) is 0 Å². The van der Waals surface area contributed by atoms with Crippen molar-refractivity contribution in [2.75, 3.05) is 0 Å². The van der Waals surface area contributed by atoms with E-state index in [1.807, 2.05) is 41.2 Å². The molecule has 8 nitrogen and oxygen atoms in total. The molecule has 0 saturated heterocycles. The Kier molecular flexibility index (Phi) is 4.92. The van der Waals surface area contributed by atoms with Crippen LogP contribution in [0.2, 0.25) is 0 Å². The molecule has 2 heterocycles. The van der Waals surface area contributed by atoms with Crippen molar-refractivity contribution in [2.45, 2.75) is 19.6 Å². The van der Waals surface area contributed by atoms with Gasteiger partial charge in [0.1, 0.15) is 12.1 Å². The standard InChI is InChI=1S/C20H18N6O2/c27-19(14-26-20(28)17-7-1-2-8-18(17)23-24-26)21-12-15-5-3-6-16(11-15)13-25-10-4-9-22-25/h1-11H,12-14H2,(H,21,27). The van der Waals surface area contributed by atoms with Crippen LogP contribution in [0.25, 0.3) is 10.9 Å². The molecule has 0 saturated carbocycles. The number of carbonyl (C=O) groups excluding carboxylic acids is 1. The molecule has 0 unspecified atom stereocenters. The van der Waals surface area contributed by atoms with Gasteiger partial charge in [-0.3, -0.25) is 14.3 Å². The van der Waals surface area contributed by atoms with E-state index in [0.29, 0.717) is 24.0 Å². The molecule has 0 aliphatic heterocycles. The van der Waals surface area contributed by atoms with Crippen LogP contribution in [0.15, 0.2) is 71.8 Å². The number of nitrogens with zero attached hydrogens (tertiary/aromatic N) is 5. The number of rotatable bonds is 6. The van der Waals surface area contributed by atoms with Crippen molar-refractivity contribution in [3.8, 4) is 0 Å². The van der Waals surface area contributed by atoms with Gasteiger partial charge in [-0.2, -0.15) is 5.10 Å². The number of carbonyl (C=O) groups is 1. The second kappa shape index (κ2) is 7.83. The minimum Gasteiger partial charge on any atom is -0.350 e. The highest BCUT2D eigenvalue weighted by molar-refractivity contribution is 5.78. The van der Waals surface area contributed by atoms with Gasteiger partial charge >= 0.3 is 0 Å². The van der Waals surface area contributed by atoms with Crippen LogP contribution >= 0.6 is 0 Å². The van der Waals surface area contributed by atoms with Gasteiger partial charge in [-0.1, -0.05) is 41.6 Å². The topological polar surface area (TPSA) is 94.7 Å². The number of amides is 1. The molecular weight excluding hydrogens is 356 g/mol. The van der Waals surface area contributed by atoms with Crippen molar-refractivity contribution in [1.82, 2.24) is 30.1 Å². The molecule has 0 fully saturated rings. The molecule has 28 heavy (non-hydrogen) atoms. The summed E-state index contributed by atoms with van der Waals surface area (Å²) in [7, 11) is 0. The third kappa shape index (κ3) is 3.96. The molecular formula is C20H18N6O2. The summed E-state index contributed by atoms with van der Waals surface area (Å²) in [4.78, 5) is 24.7. The highest BCUT2D eigenvalue weighted by Gasteiger charge is 2.09. The Morgan fingerprint density at radius 3 is 2.75 bits per heavy atom. The number of fused-ring (bicyclic) bond motifs is 1. The molecule has 140 valence electrons. The van der Waals surface area contributed by atoms with Crippen LogP contribution in [-0.4, -0.2) is 30.7 Å². The Balaban J connectivity index is 1.40. The highest BCUT2D eigenvalue weighted by atomic mass is 16.2. The summed E-state index contributed by atoms with van der Waals surface area (Å²) in [5, 5.41) is 15.3. The second-order valence-corrected chi connectivity index (χ2v) is 6.37. The van der Waals surface area contributed by atoms with Gasteiger partial charge < -0.3 is 5.32 Å². The average molecular weight is 374 g/mol. The molecule has 8 heteroatoms. The first-order chi connectivity index (χ1) is 13.7. The molecule has 2 aromatic heterocycles. The molecule has 0 aliphatic carbocycles. The SMILES string of the molecule is O=C(Cn1nnc2ccccc2c1=O)NCc1cccc(Cn2cccn2)c1. The number of aromatic nitrogens is 5. The lowest BCUT2D eigenvalue weighted by Gasteiger charge is -2.08. The molecule has 1 N–H and O–H groups in total. The fourth-order valence-corrected chi connectivity index (χ4v) is 2.94. The first-order valence-corrected chi connectivity index (χ1v) is 8.83. The van der Waals surface area contributed by atoms with E-state index >= 15 is 0 Å². The minimum atomic E-state index is -0.332. The van der Waals surface area contributed by atoms with E-state index in [1.165, 1.54) is 0 Å². The Morgan fingerprint density at radius 1 is 1.04 bits per heavy atom. The van der Waals surface area contributed by atoms with Crippen LogP contribution in [0.3, 0.4) is 0 Å². The zero-order valence-electron chi connectivity index (χ0n) is 15.0. The van der Waals surface area contributed by atoms with Gasteiger partial charge in [-0.05, 0) is 29.3 Å². The molecule has 0 spiro atoms. The zero-order valence-corrected chi connectivity index (χ0v) is 15.0. The second-order valence-electron chi connectivity index (χ2n) is 6.37. The van der Waals surface area contributed by atoms with Gasteiger partial charge in [0.05, 0.1) is 11.9 Å². The number of hydrogen-bond acceptors (Lipinski definition) is 5. The molecule has 1 amide bonds. The number of hydrogen-bond donors (Lipinski definition) is 1. The van der Waals surface area contributed by atoms with Crippen LogP contribution < -0.4 is 10.9 Å². The van der Waals surface area contributed by atoms with Gasteiger partial charge in [0.2, 0.25) is 5.91 Å². The van der Waals surface area contributed by atoms with Gasteiger partial charge in [-0.25, -0.2) is 4.68 Å². The first kappa shape index (κ1) is 17.6. The van der Waals surface area contributed by atoms with Gasteiger partial charge in [0, 0.05) is 18.9 Å². The summed E-state index contributed by atoms with van der Waals surface area (Å²) in [5.74, 6) is -0.302. The van der Waals surface area contributed by atoms with E-state index in [4.69, 9.17) is 0 Å². The summed E-state index contributed by atoms with van der Waals surface area (Å²) in [6.45, 7) is 0.849. The van der Waals surface area contributed by atoms with Crippen molar-refractivity contribution >= 4 is 16.8 Å². The third-order valence-electron chi connectivity index (χ3n) is 4.31. The van der Waals surface area contributed by atoms with Crippen molar-refractivity contribution < 1.29 is 4.79 Å². The predicted molar refractivity (Wildman–Crippen MR) is 103 cm³/mol. The van der Waals surface area contributed by atoms with E-state index in [1.54, 1.807) is 30.5 Å². The predicted octanol–water partition coefficient (Wildman–Crippen LogP) is 1.35. The summed E-state index contributed by atoms with van der Waals surface area (Å²) >= 11 is 0. The largest absolute Gasteiger partial charge is 0.350 e. The minimum absolute atomic E-state index is 0.177. The lowest BCUT2D eigenvalue weighted by molar-refractivity contribution is -0.122. The molecule has 0 aliphatic rings. The monoisotopic (exact) mass is 374 g/mol. The van der Waals surface area contributed by atoms with Crippen LogP contribution in [0.1, 0.15) is 11.1 Å². The first-order valence-electron chi connectivity index (χ1n) is 8.83. The molecule has 0 radical (unpaired) electrons. The lowest BCUT2D eigenvalue weighted by atomic mass is 10.1. The molecule has 0 atom stereocenters. The maximum absolute atomic E-state index is 12.4. The molecule has 2 aromatic carbocycles. The van der Waals surface area contributed by atoms with Gasteiger partial charge in [-0.15, -0.1) is 5.10 Å². The normalized spacial score (nSPS) is 10.9. The van der Waals surface area contributed by atoms with Crippen molar-refractivity contribution in [3.63, 3.8) is 0 Å². The third-order valence-corrected chi connectivity index (χ3v) is 4.31.